The van der Waals surface area contributed by atoms with Gasteiger partial charge in [0.1, 0.15) is 0 Å². The second kappa shape index (κ2) is 5.82. The van der Waals surface area contributed by atoms with Crippen molar-refractivity contribution in [1.82, 2.24) is 15.3 Å². The van der Waals surface area contributed by atoms with E-state index < -0.39 is 0 Å². The van der Waals surface area contributed by atoms with Crippen molar-refractivity contribution in [3.63, 3.8) is 0 Å². The van der Waals surface area contributed by atoms with Crippen LogP contribution in [-0.4, -0.2) is 22.1 Å². The highest BCUT2D eigenvalue weighted by Gasteiger charge is 2.27. The number of hydrogen-bond donors (Lipinski definition) is 1. The monoisotopic (exact) mass is 282 g/mol. The molecule has 0 spiro atoms. The summed E-state index contributed by atoms with van der Waals surface area (Å²) in [7, 11) is 0. The van der Waals surface area contributed by atoms with Gasteiger partial charge in [-0.15, -0.1) is 0 Å². The van der Waals surface area contributed by atoms with Crippen molar-refractivity contribution in [1.29, 1.82) is 0 Å². The molecule has 110 valence electrons. The van der Waals surface area contributed by atoms with Gasteiger partial charge in [-0.25, -0.2) is 4.98 Å². The fraction of sp³-hybridized carbons (Fsp3) is 0.412. The number of rotatable bonds is 4. The van der Waals surface area contributed by atoms with Gasteiger partial charge in [-0.1, -0.05) is 32.0 Å². The minimum absolute atomic E-state index is 0.421. The number of nitrogens with one attached hydrogen (secondary N) is 1. The molecule has 1 unspecified atom stereocenters. The van der Waals surface area contributed by atoms with E-state index in [1.807, 2.05) is 12.4 Å². The van der Waals surface area contributed by atoms with Crippen LogP contribution in [0.1, 0.15) is 32.0 Å². The summed E-state index contributed by atoms with van der Waals surface area (Å²) in [4.78, 5) is 11.4. The third-order valence-corrected chi connectivity index (χ3v) is 3.82. The lowest BCUT2D eigenvalue weighted by molar-refractivity contribution is 0.579. The molecule has 2 heterocycles. The average molecular weight is 282 g/mol. The smallest absolute Gasteiger partial charge is 0.152 e. The molecule has 0 saturated carbocycles. The van der Waals surface area contributed by atoms with Gasteiger partial charge in [-0.3, -0.25) is 4.98 Å². The summed E-state index contributed by atoms with van der Waals surface area (Å²) in [6.45, 7) is 7.26. The molecular formula is C17H22N4. The molecule has 1 aliphatic rings. The molecule has 0 radical (unpaired) electrons. The number of nitrogens with zero attached hydrogens (tertiary/aromatic N) is 3. The molecule has 0 bridgehead atoms. The molecule has 2 aromatic rings. The zero-order valence-electron chi connectivity index (χ0n) is 12.9. The predicted octanol–water partition coefficient (Wildman–Crippen LogP) is 3.06. The molecule has 4 nitrogen and oxygen atoms in total. The first-order chi connectivity index (χ1) is 10.1. The largest absolute Gasteiger partial charge is 0.322 e. The lowest BCUT2D eigenvalue weighted by Gasteiger charge is -2.24. The number of fused-ring (bicyclic) bond motifs is 1. The molecule has 0 amide bonds. The first-order valence-corrected chi connectivity index (χ1v) is 7.56. The Bertz CT molecular complexity index is 624. The molecule has 21 heavy (non-hydrogen) atoms. The fourth-order valence-electron chi connectivity index (χ4n) is 2.82. The van der Waals surface area contributed by atoms with Crippen LogP contribution < -0.4 is 10.2 Å². The highest BCUT2D eigenvalue weighted by Crippen LogP contribution is 2.36. The van der Waals surface area contributed by atoms with Crippen LogP contribution in [0.25, 0.3) is 0 Å². The Labute approximate surface area is 126 Å². The zero-order chi connectivity index (χ0) is 14.8. The molecule has 0 aliphatic carbocycles. The third-order valence-electron chi connectivity index (χ3n) is 3.82. The lowest BCUT2D eigenvalue weighted by atomic mass is 10.1. The fourth-order valence-corrected chi connectivity index (χ4v) is 2.82. The van der Waals surface area contributed by atoms with E-state index in [2.05, 4.69) is 60.2 Å². The van der Waals surface area contributed by atoms with Gasteiger partial charge in [0, 0.05) is 30.5 Å². The van der Waals surface area contributed by atoms with Gasteiger partial charge in [0.15, 0.2) is 5.82 Å². The molecular weight excluding hydrogens is 260 g/mol. The van der Waals surface area contributed by atoms with Gasteiger partial charge in [0.25, 0.3) is 0 Å². The second-order valence-corrected chi connectivity index (χ2v) is 5.96. The molecule has 1 aromatic heterocycles. The summed E-state index contributed by atoms with van der Waals surface area (Å²) in [6, 6.07) is 9.42. The van der Waals surface area contributed by atoms with E-state index >= 15 is 0 Å². The minimum Gasteiger partial charge on any atom is -0.322 e. The molecule has 1 atom stereocenters. The lowest BCUT2D eigenvalue weighted by Crippen LogP contribution is -2.26. The Balaban J connectivity index is 1.88. The summed E-state index contributed by atoms with van der Waals surface area (Å²) in [6.07, 6.45) is 4.76. The Morgan fingerprint density at radius 1 is 1.29 bits per heavy atom. The van der Waals surface area contributed by atoms with Gasteiger partial charge < -0.3 is 10.2 Å². The second-order valence-electron chi connectivity index (χ2n) is 5.96. The number of para-hydroxylation sites is 1. The number of benzene rings is 1. The average Bonchev–Trinajstić information content (AvgIpc) is 2.81. The summed E-state index contributed by atoms with van der Waals surface area (Å²) in [5.74, 6) is 0.940. The summed E-state index contributed by atoms with van der Waals surface area (Å²) >= 11 is 0. The van der Waals surface area contributed by atoms with Crippen molar-refractivity contribution in [3.05, 3.63) is 47.9 Å². The summed E-state index contributed by atoms with van der Waals surface area (Å²) in [5, 5.41) is 3.39. The van der Waals surface area contributed by atoms with Crippen molar-refractivity contribution >= 4 is 11.5 Å². The SMILES string of the molecule is CC(C)NCc1cncc(N2c3ccccc3CC2C)n1. The van der Waals surface area contributed by atoms with E-state index in [9.17, 15) is 0 Å². The first kappa shape index (κ1) is 14.0. The van der Waals surface area contributed by atoms with E-state index in [0.29, 0.717) is 12.1 Å². The van der Waals surface area contributed by atoms with E-state index in [1.54, 1.807) is 0 Å². The van der Waals surface area contributed by atoms with Crippen LogP contribution >= 0.6 is 0 Å². The van der Waals surface area contributed by atoms with E-state index in [0.717, 1.165) is 24.5 Å². The summed E-state index contributed by atoms with van der Waals surface area (Å²) < 4.78 is 0. The van der Waals surface area contributed by atoms with Crippen molar-refractivity contribution in [2.45, 2.75) is 45.8 Å². The number of aromatic nitrogens is 2. The minimum atomic E-state index is 0.421. The molecule has 3 rings (SSSR count). The van der Waals surface area contributed by atoms with Crippen molar-refractivity contribution < 1.29 is 0 Å². The van der Waals surface area contributed by atoms with Crippen molar-refractivity contribution in [3.8, 4) is 0 Å². The quantitative estimate of drug-likeness (QED) is 0.935. The topological polar surface area (TPSA) is 41.1 Å². The first-order valence-electron chi connectivity index (χ1n) is 7.56. The van der Waals surface area contributed by atoms with Crippen LogP contribution in [0.4, 0.5) is 11.5 Å². The van der Waals surface area contributed by atoms with E-state index in [-0.39, 0.29) is 0 Å². The van der Waals surface area contributed by atoms with Gasteiger partial charge in [-0.05, 0) is 25.0 Å². The maximum Gasteiger partial charge on any atom is 0.152 e. The summed E-state index contributed by atoms with van der Waals surface area (Å²) in [5.41, 5.74) is 3.63. The molecule has 1 aromatic carbocycles. The highest BCUT2D eigenvalue weighted by atomic mass is 15.2. The van der Waals surface area contributed by atoms with Crippen LogP contribution in [0.2, 0.25) is 0 Å². The molecule has 0 saturated heterocycles. The van der Waals surface area contributed by atoms with Crippen LogP contribution in [0, 0.1) is 0 Å². The van der Waals surface area contributed by atoms with Crippen LogP contribution in [0.15, 0.2) is 36.7 Å². The Kier molecular flexibility index (Phi) is 3.88. The maximum atomic E-state index is 4.78. The van der Waals surface area contributed by atoms with Gasteiger partial charge in [0.2, 0.25) is 0 Å². The molecule has 1 aliphatic heterocycles. The Hall–Kier alpha value is -1.94. The Morgan fingerprint density at radius 3 is 2.90 bits per heavy atom. The molecule has 4 heteroatoms. The number of anilines is 2. The third kappa shape index (κ3) is 2.90. The van der Waals surface area contributed by atoms with Crippen LogP contribution in [0.3, 0.4) is 0 Å². The standard InChI is InChI=1S/C17H22N4/c1-12(2)19-10-15-9-18-11-17(20-15)21-13(3)8-14-6-4-5-7-16(14)21/h4-7,9,11-13,19H,8,10H2,1-3H3. The normalized spacial score (nSPS) is 17.3. The van der Waals surface area contributed by atoms with E-state index in [4.69, 9.17) is 4.98 Å². The van der Waals surface area contributed by atoms with Crippen molar-refractivity contribution in [2.75, 3.05) is 4.90 Å². The molecule has 1 N–H and O–H groups in total. The van der Waals surface area contributed by atoms with Gasteiger partial charge >= 0.3 is 0 Å². The van der Waals surface area contributed by atoms with Gasteiger partial charge in [0.05, 0.1) is 11.9 Å². The van der Waals surface area contributed by atoms with Crippen molar-refractivity contribution in [2.24, 2.45) is 0 Å². The van der Waals surface area contributed by atoms with Crippen LogP contribution in [-0.2, 0) is 13.0 Å². The van der Waals surface area contributed by atoms with E-state index in [1.165, 1.54) is 11.3 Å². The maximum absolute atomic E-state index is 4.78. The highest BCUT2D eigenvalue weighted by molar-refractivity contribution is 5.68. The predicted molar refractivity (Wildman–Crippen MR) is 85.8 cm³/mol. The Morgan fingerprint density at radius 2 is 2.10 bits per heavy atom. The van der Waals surface area contributed by atoms with Crippen LogP contribution in [0.5, 0.6) is 0 Å². The molecule has 0 fully saturated rings. The zero-order valence-corrected chi connectivity index (χ0v) is 12.9. The number of hydrogen-bond acceptors (Lipinski definition) is 4. The van der Waals surface area contributed by atoms with Gasteiger partial charge in [-0.2, -0.15) is 0 Å².